The van der Waals surface area contributed by atoms with E-state index in [1.54, 1.807) is 6.92 Å². The molecule has 16 heavy (non-hydrogen) atoms. The second-order valence-corrected chi connectivity index (χ2v) is 3.18. The van der Waals surface area contributed by atoms with E-state index in [9.17, 15) is 4.79 Å². The molecule has 1 aromatic carbocycles. The lowest BCUT2D eigenvalue weighted by Gasteiger charge is -2.16. The Labute approximate surface area is 95.3 Å². The van der Waals surface area contributed by atoms with Gasteiger partial charge in [-0.1, -0.05) is 36.3 Å². The second-order valence-electron chi connectivity index (χ2n) is 3.18. The molecule has 1 aromatic rings. The summed E-state index contributed by atoms with van der Waals surface area (Å²) >= 11 is 0. The van der Waals surface area contributed by atoms with Crippen LogP contribution in [0.4, 0.5) is 0 Å². The van der Waals surface area contributed by atoms with Gasteiger partial charge in [0.2, 0.25) is 0 Å². The molecule has 0 bridgehead atoms. The molecule has 1 amide bonds. The third-order valence-corrected chi connectivity index (χ3v) is 2.00. The molecule has 0 heterocycles. The van der Waals surface area contributed by atoms with Crippen LogP contribution in [-0.4, -0.2) is 17.4 Å². The summed E-state index contributed by atoms with van der Waals surface area (Å²) < 4.78 is 0. The Morgan fingerprint density at radius 3 is 2.62 bits per heavy atom. The van der Waals surface area contributed by atoms with E-state index < -0.39 is 0 Å². The molecule has 3 nitrogen and oxygen atoms in total. The zero-order valence-electron chi connectivity index (χ0n) is 9.10. The fourth-order valence-corrected chi connectivity index (χ4v) is 1.27. The first kappa shape index (κ1) is 11.8. The van der Waals surface area contributed by atoms with Crippen LogP contribution in [0.3, 0.4) is 0 Å². The molecule has 0 aliphatic heterocycles. The van der Waals surface area contributed by atoms with Gasteiger partial charge in [-0.25, -0.2) is 0 Å². The number of amides is 1. The van der Waals surface area contributed by atoms with Gasteiger partial charge < -0.3 is 4.90 Å². The molecule has 0 spiro atoms. The van der Waals surface area contributed by atoms with Crippen LogP contribution in [0.25, 0.3) is 0 Å². The SMILES string of the molecule is CC#CC(=O)N(CC#N)Cc1ccccc1. The Kier molecular flexibility index (Phi) is 4.63. The molecule has 3 heteroatoms. The average molecular weight is 212 g/mol. The van der Waals surface area contributed by atoms with Gasteiger partial charge in [-0.05, 0) is 18.4 Å². The van der Waals surface area contributed by atoms with E-state index in [0.717, 1.165) is 5.56 Å². The first-order chi connectivity index (χ1) is 7.77. The molecule has 0 aliphatic carbocycles. The van der Waals surface area contributed by atoms with Gasteiger partial charge in [0.25, 0.3) is 5.91 Å². The Balaban J connectivity index is 2.75. The molecule has 0 aliphatic rings. The van der Waals surface area contributed by atoms with Crippen molar-refractivity contribution in [3.8, 4) is 17.9 Å². The molecule has 1 rings (SSSR count). The third kappa shape index (κ3) is 3.48. The largest absolute Gasteiger partial charge is 0.314 e. The molecule has 0 radical (unpaired) electrons. The highest BCUT2D eigenvalue weighted by atomic mass is 16.2. The molecule has 0 unspecified atom stereocenters. The van der Waals surface area contributed by atoms with Crippen molar-refractivity contribution in [1.29, 1.82) is 5.26 Å². The van der Waals surface area contributed by atoms with Crippen molar-refractivity contribution < 1.29 is 4.79 Å². The van der Waals surface area contributed by atoms with E-state index >= 15 is 0 Å². The molecule has 0 saturated carbocycles. The monoisotopic (exact) mass is 212 g/mol. The van der Waals surface area contributed by atoms with E-state index in [1.807, 2.05) is 36.4 Å². The van der Waals surface area contributed by atoms with Gasteiger partial charge in [-0.15, -0.1) is 0 Å². The normalized spacial score (nSPS) is 8.50. The van der Waals surface area contributed by atoms with Gasteiger partial charge in [-0.2, -0.15) is 5.26 Å². The first-order valence-electron chi connectivity index (χ1n) is 4.90. The zero-order chi connectivity index (χ0) is 11.8. The van der Waals surface area contributed by atoms with Crippen molar-refractivity contribution in [3.63, 3.8) is 0 Å². The highest BCUT2D eigenvalue weighted by Gasteiger charge is 2.10. The summed E-state index contributed by atoms with van der Waals surface area (Å²) in [7, 11) is 0. The van der Waals surface area contributed by atoms with Crippen LogP contribution in [0.5, 0.6) is 0 Å². The Morgan fingerprint density at radius 1 is 1.38 bits per heavy atom. The molecule has 80 valence electrons. The third-order valence-electron chi connectivity index (χ3n) is 2.00. The molecule has 0 fully saturated rings. The maximum atomic E-state index is 11.5. The standard InChI is InChI=1S/C13H12N2O/c1-2-6-13(16)15(10-9-14)11-12-7-4-3-5-8-12/h3-5,7-8H,10-11H2,1H3. The minimum atomic E-state index is -0.312. The Bertz CT molecular complexity index is 448. The van der Waals surface area contributed by atoms with E-state index in [-0.39, 0.29) is 12.5 Å². The van der Waals surface area contributed by atoms with Crippen LogP contribution in [0.15, 0.2) is 30.3 Å². The second kappa shape index (κ2) is 6.27. The van der Waals surface area contributed by atoms with E-state index in [2.05, 4.69) is 11.8 Å². The van der Waals surface area contributed by atoms with Crippen LogP contribution < -0.4 is 0 Å². The molecule has 0 atom stereocenters. The van der Waals surface area contributed by atoms with Crippen LogP contribution >= 0.6 is 0 Å². The smallest absolute Gasteiger partial charge is 0.299 e. The predicted octanol–water partition coefficient (Wildman–Crippen LogP) is 1.56. The van der Waals surface area contributed by atoms with Crippen molar-refractivity contribution in [2.45, 2.75) is 13.5 Å². The van der Waals surface area contributed by atoms with Crippen molar-refractivity contribution in [2.24, 2.45) is 0 Å². The quantitative estimate of drug-likeness (QED) is 0.563. The number of hydrogen-bond donors (Lipinski definition) is 0. The van der Waals surface area contributed by atoms with E-state index in [4.69, 9.17) is 5.26 Å². The van der Waals surface area contributed by atoms with Crippen LogP contribution in [-0.2, 0) is 11.3 Å². The number of carbonyl (C=O) groups is 1. The summed E-state index contributed by atoms with van der Waals surface area (Å²) in [5.74, 6) is 4.67. The summed E-state index contributed by atoms with van der Waals surface area (Å²) in [6, 6.07) is 11.5. The lowest BCUT2D eigenvalue weighted by Crippen LogP contribution is -2.29. The van der Waals surface area contributed by atoms with Gasteiger partial charge in [0, 0.05) is 6.54 Å². The minimum absolute atomic E-state index is 0.0579. The van der Waals surface area contributed by atoms with Gasteiger partial charge >= 0.3 is 0 Å². The molecule has 0 aromatic heterocycles. The van der Waals surface area contributed by atoms with Gasteiger partial charge in [0.1, 0.15) is 6.54 Å². The topological polar surface area (TPSA) is 44.1 Å². The summed E-state index contributed by atoms with van der Waals surface area (Å²) in [6.45, 7) is 2.08. The van der Waals surface area contributed by atoms with Gasteiger partial charge in [0.15, 0.2) is 0 Å². The number of nitriles is 1. The van der Waals surface area contributed by atoms with Gasteiger partial charge in [-0.3, -0.25) is 4.79 Å². The summed E-state index contributed by atoms with van der Waals surface area (Å²) in [5, 5.41) is 8.64. The maximum Gasteiger partial charge on any atom is 0.299 e. The molecule has 0 N–H and O–H groups in total. The fraction of sp³-hybridized carbons (Fsp3) is 0.231. The summed E-state index contributed by atoms with van der Waals surface area (Å²) in [6.07, 6.45) is 0. The van der Waals surface area contributed by atoms with E-state index in [0.29, 0.717) is 6.54 Å². The van der Waals surface area contributed by atoms with Crippen molar-refractivity contribution >= 4 is 5.91 Å². The average Bonchev–Trinajstić information content (AvgIpc) is 2.30. The first-order valence-corrected chi connectivity index (χ1v) is 4.90. The lowest BCUT2D eigenvalue weighted by atomic mass is 10.2. The van der Waals surface area contributed by atoms with Crippen LogP contribution in [0.2, 0.25) is 0 Å². The van der Waals surface area contributed by atoms with E-state index in [1.165, 1.54) is 4.90 Å². The minimum Gasteiger partial charge on any atom is -0.314 e. The van der Waals surface area contributed by atoms with Crippen molar-refractivity contribution in [2.75, 3.05) is 6.54 Å². The number of nitrogens with zero attached hydrogens (tertiary/aromatic N) is 2. The Hall–Kier alpha value is -2.26. The highest BCUT2D eigenvalue weighted by molar-refractivity contribution is 5.93. The number of rotatable bonds is 3. The van der Waals surface area contributed by atoms with Crippen molar-refractivity contribution in [3.05, 3.63) is 35.9 Å². The molecular weight excluding hydrogens is 200 g/mol. The highest BCUT2D eigenvalue weighted by Crippen LogP contribution is 2.03. The predicted molar refractivity (Wildman–Crippen MR) is 60.9 cm³/mol. The summed E-state index contributed by atoms with van der Waals surface area (Å²) in [4.78, 5) is 13.0. The number of benzene rings is 1. The molecule has 0 saturated heterocycles. The fourth-order valence-electron chi connectivity index (χ4n) is 1.27. The summed E-state index contributed by atoms with van der Waals surface area (Å²) in [5.41, 5.74) is 0.990. The zero-order valence-corrected chi connectivity index (χ0v) is 9.10. The number of hydrogen-bond acceptors (Lipinski definition) is 2. The van der Waals surface area contributed by atoms with Gasteiger partial charge in [0.05, 0.1) is 6.07 Å². The Morgan fingerprint density at radius 2 is 2.06 bits per heavy atom. The maximum absolute atomic E-state index is 11.5. The lowest BCUT2D eigenvalue weighted by molar-refractivity contribution is -0.125. The number of carbonyl (C=O) groups excluding carboxylic acids is 1. The molecular formula is C13H12N2O. The van der Waals surface area contributed by atoms with Crippen LogP contribution in [0, 0.1) is 23.2 Å². The van der Waals surface area contributed by atoms with Crippen LogP contribution in [0.1, 0.15) is 12.5 Å². The van der Waals surface area contributed by atoms with Crippen molar-refractivity contribution in [1.82, 2.24) is 4.90 Å².